The van der Waals surface area contributed by atoms with Gasteiger partial charge >= 0.3 is 5.97 Å². The first kappa shape index (κ1) is 19.2. The molecule has 0 amide bonds. The summed E-state index contributed by atoms with van der Waals surface area (Å²) in [5, 5.41) is 4.93. The van der Waals surface area contributed by atoms with Gasteiger partial charge in [-0.3, -0.25) is 4.90 Å². The van der Waals surface area contributed by atoms with Gasteiger partial charge in [-0.25, -0.2) is 9.78 Å². The van der Waals surface area contributed by atoms with Crippen LogP contribution in [0.4, 0.5) is 10.1 Å². The number of rotatable bonds is 5. The first-order chi connectivity index (χ1) is 13.5. The molecular weight excluding hydrogens is 394 g/mol. The van der Waals surface area contributed by atoms with Gasteiger partial charge in [0.1, 0.15) is 16.3 Å². The molecule has 0 atom stereocenters. The Morgan fingerprint density at radius 1 is 1.29 bits per heavy atom. The van der Waals surface area contributed by atoms with Gasteiger partial charge in [-0.15, -0.1) is 11.3 Å². The zero-order valence-corrected chi connectivity index (χ0v) is 18.0. The van der Waals surface area contributed by atoms with E-state index in [1.807, 2.05) is 18.2 Å². The highest BCUT2D eigenvalue weighted by Gasteiger charge is 2.29. The fourth-order valence-corrected chi connectivity index (χ4v) is 5.72. The molecule has 1 aliphatic rings. The van der Waals surface area contributed by atoms with E-state index in [1.54, 1.807) is 29.8 Å². The molecule has 148 valence electrons. The number of hydrogen-bond donors (Lipinski definition) is 1. The number of carbonyl (C=O) groups is 1. The highest BCUT2D eigenvalue weighted by molar-refractivity contribution is 7.23. The summed E-state index contributed by atoms with van der Waals surface area (Å²) in [6.45, 7) is 6.21. The summed E-state index contributed by atoms with van der Waals surface area (Å²) in [4.78, 5) is 20.9. The van der Waals surface area contributed by atoms with Crippen LogP contribution in [0.2, 0.25) is 0 Å². The van der Waals surface area contributed by atoms with Crippen molar-refractivity contribution >= 4 is 49.0 Å². The van der Waals surface area contributed by atoms with Crippen molar-refractivity contribution in [1.29, 1.82) is 0 Å². The number of benzene rings is 1. The van der Waals surface area contributed by atoms with Crippen LogP contribution in [0.3, 0.4) is 0 Å². The van der Waals surface area contributed by atoms with E-state index in [1.165, 1.54) is 12.0 Å². The first-order valence-electron chi connectivity index (χ1n) is 9.19. The maximum Gasteiger partial charge on any atom is 0.341 e. The third-order valence-corrected chi connectivity index (χ3v) is 7.10. The van der Waals surface area contributed by atoms with Crippen molar-refractivity contribution in [3.63, 3.8) is 0 Å². The standard InChI is InChI=1S/C20H23N3O3S2/c1-11(2)23-9-8-12-15(10-23)27-18(16(12)19(24)26-4)22-20-21-17-13(25-3)6-5-7-14(17)28-20/h5-7,11H,8-10H2,1-4H3,(H,21,22). The summed E-state index contributed by atoms with van der Waals surface area (Å²) in [6.07, 6.45) is 0.851. The van der Waals surface area contributed by atoms with Crippen LogP contribution in [-0.4, -0.2) is 42.7 Å². The first-order valence-corrected chi connectivity index (χ1v) is 10.8. The zero-order chi connectivity index (χ0) is 19.8. The Morgan fingerprint density at radius 2 is 2.11 bits per heavy atom. The van der Waals surface area contributed by atoms with Gasteiger partial charge in [0, 0.05) is 24.0 Å². The van der Waals surface area contributed by atoms with E-state index in [0.717, 1.165) is 51.2 Å². The second-order valence-electron chi connectivity index (χ2n) is 6.96. The number of nitrogens with one attached hydrogen (secondary N) is 1. The van der Waals surface area contributed by atoms with E-state index < -0.39 is 0 Å². The average molecular weight is 418 g/mol. The van der Waals surface area contributed by atoms with Crippen molar-refractivity contribution in [2.24, 2.45) is 0 Å². The van der Waals surface area contributed by atoms with Gasteiger partial charge in [0.2, 0.25) is 0 Å². The van der Waals surface area contributed by atoms with Gasteiger partial charge < -0.3 is 14.8 Å². The second kappa shape index (κ2) is 7.69. The number of ether oxygens (including phenoxy) is 2. The van der Waals surface area contributed by atoms with Gasteiger partial charge in [-0.2, -0.15) is 0 Å². The van der Waals surface area contributed by atoms with Crippen molar-refractivity contribution in [2.45, 2.75) is 32.9 Å². The summed E-state index contributed by atoms with van der Waals surface area (Å²) in [5.41, 5.74) is 2.58. The molecule has 3 heterocycles. The van der Waals surface area contributed by atoms with Crippen molar-refractivity contribution in [3.8, 4) is 5.75 Å². The monoisotopic (exact) mass is 417 g/mol. The fraction of sp³-hybridized carbons (Fsp3) is 0.400. The van der Waals surface area contributed by atoms with E-state index in [9.17, 15) is 4.79 Å². The van der Waals surface area contributed by atoms with Crippen molar-refractivity contribution in [3.05, 3.63) is 34.2 Å². The lowest BCUT2D eigenvalue weighted by Gasteiger charge is -2.30. The number of aromatic nitrogens is 1. The minimum Gasteiger partial charge on any atom is -0.494 e. The van der Waals surface area contributed by atoms with E-state index >= 15 is 0 Å². The molecule has 0 unspecified atom stereocenters. The van der Waals surface area contributed by atoms with Crippen LogP contribution < -0.4 is 10.1 Å². The summed E-state index contributed by atoms with van der Waals surface area (Å²) >= 11 is 3.17. The Labute approximate surface area is 172 Å². The predicted molar refractivity (Wildman–Crippen MR) is 114 cm³/mol. The van der Waals surface area contributed by atoms with Crippen LogP contribution >= 0.6 is 22.7 Å². The van der Waals surface area contributed by atoms with Gasteiger partial charge in [0.05, 0.1) is 24.5 Å². The van der Waals surface area contributed by atoms with Crippen LogP contribution in [0.5, 0.6) is 5.75 Å². The van der Waals surface area contributed by atoms with Gasteiger partial charge in [0.25, 0.3) is 0 Å². The molecule has 1 aromatic carbocycles. The molecule has 0 saturated heterocycles. The molecule has 0 bridgehead atoms. The van der Waals surface area contributed by atoms with Gasteiger partial charge in [-0.1, -0.05) is 17.4 Å². The number of para-hydroxylation sites is 1. The predicted octanol–water partition coefficient (Wildman–Crippen LogP) is 4.66. The Morgan fingerprint density at radius 3 is 2.82 bits per heavy atom. The molecule has 8 heteroatoms. The van der Waals surface area contributed by atoms with Crippen molar-refractivity contribution in [1.82, 2.24) is 9.88 Å². The van der Waals surface area contributed by atoms with Crippen LogP contribution in [0, 0.1) is 0 Å². The molecule has 1 N–H and O–H groups in total. The molecule has 4 rings (SSSR count). The van der Waals surface area contributed by atoms with Gasteiger partial charge in [0.15, 0.2) is 5.13 Å². The molecule has 0 aliphatic carbocycles. The minimum atomic E-state index is -0.295. The number of esters is 1. The van der Waals surface area contributed by atoms with Crippen LogP contribution in [0.15, 0.2) is 18.2 Å². The van der Waals surface area contributed by atoms with Crippen LogP contribution in [0.25, 0.3) is 10.2 Å². The van der Waals surface area contributed by atoms with Crippen LogP contribution in [-0.2, 0) is 17.7 Å². The highest BCUT2D eigenvalue weighted by atomic mass is 32.1. The molecule has 28 heavy (non-hydrogen) atoms. The lowest BCUT2D eigenvalue weighted by atomic mass is 10.0. The molecule has 0 saturated carbocycles. The molecule has 2 aromatic heterocycles. The van der Waals surface area contributed by atoms with E-state index in [0.29, 0.717) is 11.6 Å². The Kier molecular flexibility index (Phi) is 5.27. The Bertz CT molecular complexity index is 1030. The summed E-state index contributed by atoms with van der Waals surface area (Å²) in [5.74, 6) is 0.449. The number of fused-ring (bicyclic) bond motifs is 2. The number of thiophene rings is 1. The number of nitrogens with zero attached hydrogens (tertiary/aromatic N) is 2. The maximum absolute atomic E-state index is 12.5. The SMILES string of the molecule is COC(=O)c1c(Nc2nc3c(OC)cccc3s2)sc2c1CCN(C(C)C)C2. The van der Waals surface area contributed by atoms with Crippen molar-refractivity contribution in [2.75, 3.05) is 26.1 Å². The van der Waals surface area contributed by atoms with Gasteiger partial charge in [-0.05, 0) is 38.0 Å². The fourth-order valence-electron chi connectivity index (χ4n) is 3.51. The number of methoxy groups -OCH3 is 2. The zero-order valence-electron chi connectivity index (χ0n) is 16.4. The molecule has 0 fully saturated rings. The molecule has 0 radical (unpaired) electrons. The normalized spacial score (nSPS) is 14.3. The summed E-state index contributed by atoms with van der Waals surface area (Å²) in [7, 11) is 3.08. The summed E-state index contributed by atoms with van der Waals surface area (Å²) < 4.78 is 11.5. The lowest BCUT2D eigenvalue weighted by molar-refractivity contribution is 0.0600. The molecule has 1 aliphatic heterocycles. The van der Waals surface area contributed by atoms with Crippen LogP contribution in [0.1, 0.15) is 34.6 Å². The van der Waals surface area contributed by atoms with E-state index in [2.05, 4.69) is 29.0 Å². The minimum absolute atomic E-state index is 0.295. The smallest absolute Gasteiger partial charge is 0.341 e. The highest BCUT2D eigenvalue weighted by Crippen LogP contribution is 2.41. The third-order valence-electron chi connectivity index (χ3n) is 5.03. The number of hydrogen-bond acceptors (Lipinski definition) is 8. The quantitative estimate of drug-likeness (QED) is 0.609. The Hall–Kier alpha value is -2.16. The third kappa shape index (κ3) is 3.36. The maximum atomic E-state index is 12.5. The average Bonchev–Trinajstić information content (AvgIpc) is 3.26. The molecule has 3 aromatic rings. The van der Waals surface area contributed by atoms with Crippen molar-refractivity contribution < 1.29 is 14.3 Å². The Balaban J connectivity index is 1.72. The largest absolute Gasteiger partial charge is 0.494 e. The van der Waals surface area contributed by atoms with E-state index in [-0.39, 0.29) is 5.97 Å². The number of thiazole rings is 1. The van der Waals surface area contributed by atoms with E-state index in [4.69, 9.17) is 9.47 Å². The lowest BCUT2D eigenvalue weighted by Crippen LogP contribution is -2.35. The summed E-state index contributed by atoms with van der Waals surface area (Å²) in [6, 6.07) is 6.34. The molecular formula is C20H23N3O3S2. The number of anilines is 2. The second-order valence-corrected chi connectivity index (χ2v) is 9.10. The topological polar surface area (TPSA) is 63.7 Å². The number of carbonyl (C=O) groups excluding carboxylic acids is 1. The molecule has 0 spiro atoms. The molecule has 6 nitrogen and oxygen atoms in total.